The quantitative estimate of drug-likeness (QED) is 0.772. The van der Waals surface area contributed by atoms with E-state index in [1.165, 1.54) is 0 Å². The molecule has 0 atom stereocenters. The molecule has 2 aromatic rings. The molecule has 21 heavy (non-hydrogen) atoms. The molecule has 0 amide bonds. The Morgan fingerprint density at radius 1 is 1.24 bits per heavy atom. The third-order valence-electron chi connectivity index (χ3n) is 3.57. The van der Waals surface area contributed by atoms with E-state index in [9.17, 15) is 5.26 Å². The van der Waals surface area contributed by atoms with E-state index in [-0.39, 0.29) is 0 Å². The number of rotatable bonds is 2. The van der Waals surface area contributed by atoms with Crippen LogP contribution >= 0.6 is 11.6 Å². The highest BCUT2D eigenvalue weighted by molar-refractivity contribution is 6.32. The molecule has 0 aromatic carbocycles. The molecular weight excluding hydrogens is 290 g/mol. The van der Waals surface area contributed by atoms with Gasteiger partial charge in [-0.3, -0.25) is 0 Å². The van der Waals surface area contributed by atoms with Crippen LogP contribution in [-0.2, 0) is 7.05 Å². The van der Waals surface area contributed by atoms with Gasteiger partial charge in [0.15, 0.2) is 5.15 Å². The summed E-state index contributed by atoms with van der Waals surface area (Å²) in [6.45, 7) is 3.10. The molecule has 0 aliphatic carbocycles. The van der Waals surface area contributed by atoms with Crippen LogP contribution in [0.15, 0.2) is 18.6 Å². The fourth-order valence-corrected chi connectivity index (χ4v) is 2.79. The van der Waals surface area contributed by atoms with Crippen molar-refractivity contribution in [2.24, 2.45) is 7.05 Å². The molecule has 0 radical (unpaired) electrons. The van der Waals surface area contributed by atoms with Crippen molar-refractivity contribution in [2.75, 3.05) is 36.0 Å². The van der Waals surface area contributed by atoms with Gasteiger partial charge in [-0.2, -0.15) is 5.26 Å². The minimum atomic E-state index is 0.376. The monoisotopic (exact) mass is 303 g/mol. The zero-order valence-electron chi connectivity index (χ0n) is 11.6. The second kappa shape index (κ2) is 5.58. The Hall–Kier alpha value is -2.33. The summed E-state index contributed by atoms with van der Waals surface area (Å²) in [5, 5.41) is 17.6. The van der Waals surface area contributed by atoms with Gasteiger partial charge in [0.1, 0.15) is 12.4 Å². The first-order valence-electron chi connectivity index (χ1n) is 6.59. The van der Waals surface area contributed by atoms with Crippen molar-refractivity contribution in [3.63, 3.8) is 0 Å². The largest absolute Gasteiger partial charge is 0.364 e. The van der Waals surface area contributed by atoms with Gasteiger partial charge in [0.05, 0.1) is 11.3 Å². The predicted molar refractivity (Wildman–Crippen MR) is 79.4 cm³/mol. The van der Waals surface area contributed by atoms with Gasteiger partial charge in [0.2, 0.25) is 5.95 Å². The molecule has 0 unspecified atom stereocenters. The first-order chi connectivity index (χ1) is 10.2. The van der Waals surface area contributed by atoms with Crippen LogP contribution in [0.1, 0.15) is 5.56 Å². The maximum absolute atomic E-state index is 9.22. The number of anilines is 2. The third kappa shape index (κ3) is 2.50. The molecule has 0 bridgehead atoms. The van der Waals surface area contributed by atoms with Gasteiger partial charge >= 0.3 is 0 Å². The minimum Gasteiger partial charge on any atom is -0.364 e. The summed E-state index contributed by atoms with van der Waals surface area (Å²) in [7, 11) is 1.92. The predicted octanol–water partition coefficient (Wildman–Crippen LogP) is 1.06. The number of halogens is 1. The van der Waals surface area contributed by atoms with Crippen LogP contribution in [0.25, 0.3) is 0 Å². The Kier molecular flexibility index (Phi) is 3.62. The maximum atomic E-state index is 9.22. The Morgan fingerprint density at radius 3 is 2.57 bits per heavy atom. The Balaban J connectivity index is 1.78. The van der Waals surface area contributed by atoms with Gasteiger partial charge in [-0.15, -0.1) is 10.2 Å². The van der Waals surface area contributed by atoms with Gasteiger partial charge < -0.3 is 14.4 Å². The van der Waals surface area contributed by atoms with Crippen molar-refractivity contribution in [3.8, 4) is 6.07 Å². The molecule has 8 heteroatoms. The van der Waals surface area contributed by atoms with Gasteiger partial charge in [-0.05, 0) is 6.07 Å². The highest BCUT2D eigenvalue weighted by Gasteiger charge is 2.23. The van der Waals surface area contributed by atoms with E-state index < -0.39 is 0 Å². The van der Waals surface area contributed by atoms with E-state index in [4.69, 9.17) is 11.6 Å². The lowest BCUT2D eigenvalue weighted by Crippen LogP contribution is -2.47. The first kappa shape index (κ1) is 13.6. The Bertz CT molecular complexity index is 682. The molecule has 108 valence electrons. The molecule has 2 aromatic heterocycles. The summed E-state index contributed by atoms with van der Waals surface area (Å²) in [4.78, 5) is 8.34. The average molecular weight is 304 g/mol. The van der Waals surface area contributed by atoms with Gasteiger partial charge in [0, 0.05) is 39.4 Å². The molecule has 1 aliphatic rings. The topological polar surface area (TPSA) is 73.9 Å². The SMILES string of the molecule is Cn1cnnc1N1CCN(c2c(C#N)ccnc2Cl)CC1. The van der Waals surface area contributed by atoms with E-state index in [0.717, 1.165) is 37.8 Å². The van der Waals surface area contributed by atoms with E-state index in [0.29, 0.717) is 10.7 Å². The highest BCUT2D eigenvalue weighted by Crippen LogP contribution is 2.28. The van der Waals surface area contributed by atoms with Gasteiger partial charge in [-0.25, -0.2) is 4.98 Å². The molecule has 0 saturated carbocycles. The average Bonchev–Trinajstić information content (AvgIpc) is 2.93. The number of piperazine rings is 1. The Labute approximate surface area is 127 Å². The number of aromatic nitrogens is 4. The van der Waals surface area contributed by atoms with Crippen LogP contribution in [0.5, 0.6) is 0 Å². The lowest BCUT2D eigenvalue weighted by atomic mass is 10.2. The summed E-state index contributed by atoms with van der Waals surface area (Å²) >= 11 is 6.16. The lowest BCUT2D eigenvalue weighted by molar-refractivity contribution is 0.628. The normalized spacial score (nSPS) is 15.1. The molecule has 0 N–H and O–H groups in total. The zero-order chi connectivity index (χ0) is 14.8. The van der Waals surface area contributed by atoms with Crippen molar-refractivity contribution >= 4 is 23.2 Å². The van der Waals surface area contributed by atoms with Crippen molar-refractivity contribution in [2.45, 2.75) is 0 Å². The summed E-state index contributed by atoms with van der Waals surface area (Å²) in [5.41, 5.74) is 1.28. The molecule has 0 spiro atoms. The second-order valence-corrected chi connectivity index (χ2v) is 5.18. The van der Waals surface area contributed by atoms with Crippen molar-refractivity contribution < 1.29 is 0 Å². The molecule has 1 saturated heterocycles. The fraction of sp³-hybridized carbons (Fsp3) is 0.385. The summed E-state index contributed by atoms with van der Waals surface area (Å²) in [6.07, 6.45) is 3.24. The molecule has 3 heterocycles. The number of hydrogen-bond acceptors (Lipinski definition) is 6. The fourth-order valence-electron chi connectivity index (χ4n) is 2.51. The number of nitriles is 1. The van der Waals surface area contributed by atoms with Crippen molar-refractivity contribution in [1.82, 2.24) is 19.7 Å². The minimum absolute atomic E-state index is 0.376. The molecule has 1 fully saturated rings. The van der Waals surface area contributed by atoms with Crippen LogP contribution in [0, 0.1) is 11.3 Å². The summed E-state index contributed by atoms with van der Waals surface area (Å²) in [5.74, 6) is 0.854. The van der Waals surface area contributed by atoms with E-state index in [1.54, 1.807) is 18.6 Å². The van der Waals surface area contributed by atoms with Crippen molar-refractivity contribution in [3.05, 3.63) is 29.3 Å². The zero-order valence-corrected chi connectivity index (χ0v) is 12.3. The number of pyridine rings is 1. The highest BCUT2D eigenvalue weighted by atomic mass is 35.5. The van der Waals surface area contributed by atoms with E-state index in [1.807, 2.05) is 11.6 Å². The van der Waals surface area contributed by atoms with E-state index in [2.05, 4.69) is 31.1 Å². The number of nitrogens with zero attached hydrogens (tertiary/aromatic N) is 7. The third-order valence-corrected chi connectivity index (χ3v) is 3.84. The second-order valence-electron chi connectivity index (χ2n) is 4.83. The molecular formula is C13H14ClN7. The standard InChI is InChI=1S/C13H14ClN7/c1-19-9-17-18-13(19)21-6-4-20(5-7-21)11-10(8-15)2-3-16-12(11)14/h2-3,9H,4-7H2,1H3. The van der Waals surface area contributed by atoms with Gasteiger partial charge in [0.25, 0.3) is 0 Å². The van der Waals surface area contributed by atoms with Crippen LogP contribution in [0.2, 0.25) is 5.15 Å². The lowest BCUT2D eigenvalue weighted by Gasteiger charge is -2.36. The first-order valence-corrected chi connectivity index (χ1v) is 6.97. The van der Waals surface area contributed by atoms with Crippen LogP contribution in [0.3, 0.4) is 0 Å². The maximum Gasteiger partial charge on any atom is 0.226 e. The molecule has 1 aliphatic heterocycles. The molecule has 3 rings (SSSR count). The smallest absolute Gasteiger partial charge is 0.226 e. The number of hydrogen-bond donors (Lipinski definition) is 0. The van der Waals surface area contributed by atoms with Crippen LogP contribution in [0.4, 0.5) is 11.6 Å². The van der Waals surface area contributed by atoms with E-state index >= 15 is 0 Å². The van der Waals surface area contributed by atoms with Gasteiger partial charge in [-0.1, -0.05) is 11.6 Å². The summed E-state index contributed by atoms with van der Waals surface area (Å²) < 4.78 is 1.90. The van der Waals surface area contributed by atoms with Crippen molar-refractivity contribution in [1.29, 1.82) is 5.26 Å². The Morgan fingerprint density at radius 2 is 1.95 bits per heavy atom. The number of aryl methyl sites for hydroxylation is 1. The molecule has 7 nitrogen and oxygen atoms in total. The van der Waals surface area contributed by atoms with Crippen LogP contribution in [-0.4, -0.2) is 45.9 Å². The summed E-state index contributed by atoms with van der Waals surface area (Å²) in [6, 6.07) is 3.87. The van der Waals surface area contributed by atoms with Crippen LogP contribution < -0.4 is 9.80 Å².